The van der Waals surface area contributed by atoms with E-state index in [1.165, 1.54) is 0 Å². The number of nitro benzene ring substituents is 6. The molecule has 0 heterocycles. The zero-order valence-corrected chi connectivity index (χ0v) is 17.2. The molecule has 0 aliphatic carbocycles. The Bertz CT molecular complexity index is 1030. The summed E-state index contributed by atoms with van der Waals surface area (Å²) in [5.74, 6) is -2.92. The van der Waals surface area contributed by atoms with Gasteiger partial charge in [0.15, 0.2) is 0 Å². The first-order valence-corrected chi connectivity index (χ1v) is 7.25. The molecule has 1 radical (unpaired) electrons. The maximum Gasteiger partial charge on any atom is 0.283 e. The first kappa shape index (κ1) is 28.7. The Balaban J connectivity index is 0. The summed E-state index contributed by atoms with van der Waals surface area (Å²) >= 11 is 0. The average Bonchev–Trinajstić information content (AvgIpc) is 2.67. The minimum Gasteiger partial charge on any atom is -0.863 e. The van der Waals surface area contributed by atoms with Gasteiger partial charge in [-0.25, -0.2) is 0 Å². The normalized spacial score (nSPS) is 9.45. The Morgan fingerprint density at radius 1 is 0.455 bits per heavy atom. The van der Waals surface area contributed by atoms with Gasteiger partial charge in [0.05, 0.1) is 65.3 Å². The number of hydrogen-bond acceptors (Lipinski definition) is 14. The first-order chi connectivity index (χ1) is 14.7. The number of hydrogen-bond donors (Lipinski definition) is 0. The molecule has 0 bridgehead atoms. The van der Waals surface area contributed by atoms with E-state index < -0.39 is 75.2 Å². The monoisotopic (exact) mass is 617 g/mol. The molecule has 0 atom stereocenters. The van der Waals surface area contributed by atoms with Crippen LogP contribution >= 0.6 is 0 Å². The second kappa shape index (κ2) is 11.4. The van der Waals surface area contributed by atoms with Crippen LogP contribution in [0.2, 0.25) is 0 Å². The molecule has 0 fully saturated rings. The minimum absolute atomic E-state index is 0. The van der Waals surface area contributed by atoms with Crippen molar-refractivity contribution in [3.05, 3.63) is 85.0 Å². The van der Waals surface area contributed by atoms with Crippen molar-refractivity contribution >= 4 is 34.1 Å². The van der Waals surface area contributed by atoms with Crippen LogP contribution in [-0.2, 0) is 0 Å². The van der Waals surface area contributed by atoms with Crippen molar-refractivity contribution in [2.24, 2.45) is 0 Å². The molecule has 0 aliphatic heterocycles. The molecule has 21 heteroatoms. The van der Waals surface area contributed by atoms with E-state index in [9.17, 15) is 70.9 Å². The van der Waals surface area contributed by atoms with E-state index in [1.54, 1.807) is 0 Å². The summed E-state index contributed by atoms with van der Waals surface area (Å²) in [4.78, 5) is 55.0. The number of benzene rings is 2. The van der Waals surface area contributed by atoms with Crippen molar-refractivity contribution in [3.8, 4) is 11.5 Å². The van der Waals surface area contributed by atoms with Crippen molar-refractivity contribution in [1.29, 1.82) is 0 Å². The third-order valence-electron chi connectivity index (χ3n) is 3.28. The third-order valence-corrected chi connectivity index (χ3v) is 3.28. The fraction of sp³-hybridized carbons (Fsp3) is 0. The maximum atomic E-state index is 11.1. The van der Waals surface area contributed by atoms with E-state index in [2.05, 4.69) is 0 Å². The molecule has 179 valence electrons. The third kappa shape index (κ3) is 6.86. The first-order valence-electron chi connectivity index (χ1n) is 7.25. The van der Waals surface area contributed by atoms with Gasteiger partial charge in [-0.1, -0.05) is 0 Å². The van der Waals surface area contributed by atoms with Crippen LogP contribution in [0.15, 0.2) is 24.3 Å². The smallest absolute Gasteiger partial charge is 0.283 e. The van der Waals surface area contributed by atoms with Gasteiger partial charge in [0, 0.05) is 40.0 Å². The summed E-state index contributed by atoms with van der Waals surface area (Å²) in [5, 5.41) is 84.2. The van der Waals surface area contributed by atoms with Gasteiger partial charge in [0.25, 0.3) is 34.1 Å². The molecule has 0 aliphatic rings. The summed E-state index contributed by atoms with van der Waals surface area (Å²) in [5.41, 5.74) is -6.53. The fourth-order valence-electron chi connectivity index (χ4n) is 1.92. The number of nitrogens with zero attached hydrogens (tertiary/aromatic N) is 6. The van der Waals surface area contributed by atoms with E-state index in [0.29, 0.717) is 24.3 Å². The number of non-ortho nitro benzene ring substituents is 2. The largest absolute Gasteiger partial charge is 0.863 e. The van der Waals surface area contributed by atoms with Gasteiger partial charge in [-0.2, -0.15) is 0 Å². The zero-order chi connectivity index (χ0) is 24.9. The summed E-state index contributed by atoms with van der Waals surface area (Å²) in [7, 11) is 0. The van der Waals surface area contributed by atoms with E-state index in [1.807, 2.05) is 0 Å². The molecule has 2 aromatic rings. The number of nitro groups is 6. The molecule has 0 aromatic heterocycles. The van der Waals surface area contributed by atoms with Crippen molar-refractivity contribution < 1.29 is 79.8 Å². The standard InChI is InChI=1S/2C6H3N3O7.Tb.H2/c2*10-6-4(8(13)14)1-3(7(11)12)2-5(6)9(15)16;;/h2*1-2,10H;;1H/p-2. The van der Waals surface area contributed by atoms with Crippen molar-refractivity contribution in [1.82, 2.24) is 0 Å². The van der Waals surface area contributed by atoms with Crippen LogP contribution in [0.3, 0.4) is 0 Å². The Kier molecular flexibility index (Phi) is 9.90. The van der Waals surface area contributed by atoms with Gasteiger partial charge in [-0.15, -0.1) is 0 Å². The predicted molar refractivity (Wildman–Crippen MR) is 93.8 cm³/mol. The molecular weight excluding hydrogens is 611 g/mol. The Morgan fingerprint density at radius 3 is 0.758 bits per heavy atom. The van der Waals surface area contributed by atoms with Crippen LogP contribution in [0.4, 0.5) is 34.1 Å². The van der Waals surface area contributed by atoms with Crippen molar-refractivity contribution in [2.75, 3.05) is 0 Å². The van der Waals surface area contributed by atoms with Gasteiger partial charge in [0.2, 0.25) is 0 Å². The van der Waals surface area contributed by atoms with Gasteiger partial charge in [-0.05, 0) is 0 Å². The van der Waals surface area contributed by atoms with Crippen LogP contribution in [0.5, 0.6) is 11.5 Å². The van der Waals surface area contributed by atoms with E-state index in [0.717, 1.165) is 0 Å². The van der Waals surface area contributed by atoms with Crippen LogP contribution in [0.1, 0.15) is 1.43 Å². The SMILES string of the molecule is O=[N+]([O-])c1cc([N+](=O)[O-])c([O-])c([N+](=O)[O-])c1.O=[N+]([O-])c1cc([N+](=O)[O-])c([O-])c([N+](=O)[O-])c1.[HH].[Tb]. The molecular formula is C12H6N6O14Tb-2. The molecule has 33 heavy (non-hydrogen) atoms. The van der Waals surface area contributed by atoms with E-state index in [-0.39, 0.29) is 40.0 Å². The quantitative estimate of drug-likeness (QED) is 0.325. The predicted octanol–water partition coefficient (Wildman–Crippen LogP) is 1.22. The van der Waals surface area contributed by atoms with Crippen LogP contribution in [0.25, 0.3) is 0 Å². The van der Waals surface area contributed by atoms with Gasteiger partial charge in [-0.3, -0.25) is 60.7 Å². The molecule has 0 saturated carbocycles. The van der Waals surface area contributed by atoms with E-state index >= 15 is 0 Å². The molecule has 20 nitrogen and oxygen atoms in total. The molecule has 2 rings (SSSR count). The van der Waals surface area contributed by atoms with Crippen LogP contribution in [0, 0.1) is 99.3 Å². The zero-order valence-electron chi connectivity index (χ0n) is 15.0. The fourth-order valence-corrected chi connectivity index (χ4v) is 1.92. The maximum absolute atomic E-state index is 11.1. The Labute approximate surface area is 209 Å². The summed E-state index contributed by atoms with van der Waals surface area (Å²) in [6.07, 6.45) is 0. The van der Waals surface area contributed by atoms with Gasteiger partial charge in [0.1, 0.15) is 0 Å². The second-order valence-electron chi connectivity index (χ2n) is 5.17. The van der Waals surface area contributed by atoms with Crippen molar-refractivity contribution in [2.45, 2.75) is 0 Å². The Morgan fingerprint density at radius 2 is 0.636 bits per heavy atom. The van der Waals surface area contributed by atoms with Crippen LogP contribution < -0.4 is 10.2 Å². The second-order valence-corrected chi connectivity index (χ2v) is 5.17. The molecule has 0 N–H and O–H groups in total. The summed E-state index contributed by atoms with van der Waals surface area (Å²) in [6, 6.07) is 1.54. The minimum atomic E-state index is -1.46. The molecule has 0 spiro atoms. The molecule has 0 unspecified atom stereocenters. The Hall–Kier alpha value is -4.27. The van der Waals surface area contributed by atoms with Crippen LogP contribution in [-0.4, -0.2) is 29.5 Å². The average molecular weight is 617 g/mol. The van der Waals surface area contributed by atoms with Crippen molar-refractivity contribution in [3.63, 3.8) is 0 Å². The molecule has 2 aromatic carbocycles. The van der Waals surface area contributed by atoms with Gasteiger partial charge < -0.3 is 10.2 Å². The van der Waals surface area contributed by atoms with Gasteiger partial charge >= 0.3 is 0 Å². The summed E-state index contributed by atoms with van der Waals surface area (Å²) in [6.45, 7) is 0. The number of rotatable bonds is 6. The van der Waals surface area contributed by atoms with E-state index in [4.69, 9.17) is 0 Å². The molecule has 0 saturated heterocycles. The molecule has 0 amide bonds. The summed E-state index contributed by atoms with van der Waals surface area (Å²) < 4.78 is 0. The topological polar surface area (TPSA) is 305 Å².